The minimum absolute atomic E-state index is 0.0577. The molecule has 2 atom stereocenters. The van der Waals surface area contributed by atoms with E-state index in [9.17, 15) is 9.18 Å². The second-order valence-electron chi connectivity index (χ2n) is 6.74. The smallest absolute Gasteiger partial charge is 0.256 e. The van der Waals surface area contributed by atoms with Gasteiger partial charge >= 0.3 is 0 Å². The zero-order chi connectivity index (χ0) is 18.8. The van der Waals surface area contributed by atoms with Crippen LogP contribution in [0, 0.1) is 5.82 Å². The average Bonchev–Trinajstić information content (AvgIpc) is 3.07. The first-order valence-electron chi connectivity index (χ1n) is 8.45. The SMILES string of the molecule is COc1ccc([C@@H]2CN(C(=O)c3ccc(Cl)cc3F)C[C@H]2N(C)C)cc1. The third kappa shape index (κ3) is 3.69. The van der Waals surface area contributed by atoms with Crippen molar-refractivity contribution in [1.29, 1.82) is 0 Å². The number of amides is 1. The molecular weight excluding hydrogens is 355 g/mol. The maximum absolute atomic E-state index is 14.2. The number of halogens is 2. The Morgan fingerprint density at radius 1 is 1.19 bits per heavy atom. The Morgan fingerprint density at radius 2 is 1.88 bits per heavy atom. The van der Waals surface area contributed by atoms with E-state index in [4.69, 9.17) is 16.3 Å². The Bertz CT molecular complexity index is 795. The first-order valence-corrected chi connectivity index (χ1v) is 8.83. The first-order chi connectivity index (χ1) is 12.4. The molecule has 6 heteroatoms. The van der Waals surface area contributed by atoms with Crippen LogP contribution >= 0.6 is 11.6 Å². The quantitative estimate of drug-likeness (QED) is 0.816. The molecule has 0 N–H and O–H groups in total. The van der Waals surface area contributed by atoms with E-state index in [1.165, 1.54) is 12.1 Å². The molecule has 1 aliphatic heterocycles. The van der Waals surface area contributed by atoms with Crippen LogP contribution in [0.3, 0.4) is 0 Å². The first kappa shape index (κ1) is 18.7. The fraction of sp³-hybridized carbons (Fsp3) is 0.350. The molecule has 0 aromatic heterocycles. The summed E-state index contributed by atoms with van der Waals surface area (Å²) < 4.78 is 19.4. The zero-order valence-corrected chi connectivity index (χ0v) is 15.8. The van der Waals surface area contributed by atoms with E-state index in [2.05, 4.69) is 4.90 Å². The van der Waals surface area contributed by atoms with Crippen molar-refractivity contribution in [1.82, 2.24) is 9.80 Å². The van der Waals surface area contributed by atoms with Gasteiger partial charge < -0.3 is 14.5 Å². The van der Waals surface area contributed by atoms with E-state index in [0.29, 0.717) is 13.1 Å². The van der Waals surface area contributed by atoms with Gasteiger partial charge in [-0.2, -0.15) is 0 Å². The van der Waals surface area contributed by atoms with Crippen LogP contribution in [0.2, 0.25) is 5.02 Å². The molecular formula is C20H22ClFN2O2. The maximum Gasteiger partial charge on any atom is 0.256 e. The van der Waals surface area contributed by atoms with Crippen LogP contribution in [-0.4, -0.2) is 56.0 Å². The number of likely N-dealkylation sites (N-methyl/N-ethyl adjacent to an activating group) is 1. The fourth-order valence-corrected chi connectivity index (χ4v) is 3.65. The van der Waals surface area contributed by atoms with E-state index in [0.717, 1.165) is 11.3 Å². The number of carbonyl (C=O) groups is 1. The van der Waals surface area contributed by atoms with Gasteiger partial charge in [-0.3, -0.25) is 4.79 Å². The molecule has 26 heavy (non-hydrogen) atoms. The van der Waals surface area contributed by atoms with Crippen LogP contribution in [0.5, 0.6) is 5.75 Å². The lowest BCUT2D eigenvalue weighted by Crippen LogP contribution is -2.36. The molecule has 1 aliphatic rings. The van der Waals surface area contributed by atoms with Crippen molar-refractivity contribution >= 4 is 17.5 Å². The van der Waals surface area contributed by atoms with Crippen LogP contribution in [0.1, 0.15) is 21.8 Å². The lowest BCUT2D eigenvalue weighted by Gasteiger charge is -2.25. The van der Waals surface area contributed by atoms with Gasteiger partial charge in [-0.1, -0.05) is 23.7 Å². The number of nitrogens with zero attached hydrogens (tertiary/aromatic N) is 2. The van der Waals surface area contributed by atoms with E-state index >= 15 is 0 Å². The summed E-state index contributed by atoms with van der Waals surface area (Å²) in [6.07, 6.45) is 0. The number of methoxy groups -OCH3 is 1. The van der Waals surface area contributed by atoms with Crippen molar-refractivity contribution < 1.29 is 13.9 Å². The topological polar surface area (TPSA) is 32.8 Å². The number of ether oxygens (including phenoxy) is 1. The summed E-state index contributed by atoms with van der Waals surface area (Å²) >= 11 is 5.79. The summed E-state index contributed by atoms with van der Waals surface area (Å²) in [5, 5.41) is 0.280. The predicted octanol–water partition coefficient (Wildman–Crippen LogP) is 3.66. The lowest BCUT2D eigenvalue weighted by atomic mass is 9.93. The molecule has 0 unspecified atom stereocenters. The Morgan fingerprint density at radius 3 is 2.46 bits per heavy atom. The largest absolute Gasteiger partial charge is 0.497 e. The van der Waals surface area contributed by atoms with E-state index in [-0.39, 0.29) is 28.5 Å². The average molecular weight is 377 g/mol. The van der Waals surface area contributed by atoms with Crippen molar-refractivity contribution in [3.63, 3.8) is 0 Å². The van der Waals surface area contributed by atoms with E-state index in [1.54, 1.807) is 18.1 Å². The van der Waals surface area contributed by atoms with Crippen molar-refractivity contribution in [3.05, 3.63) is 64.4 Å². The maximum atomic E-state index is 14.2. The van der Waals surface area contributed by atoms with Crippen molar-refractivity contribution in [2.45, 2.75) is 12.0 Å². The molecule has 3 rings (SSSR count). The molecule has 0 bridgehead atoms. The molecule has 1 heterocycles. The van der Waals surface area contributed by atoms with Gasteiger partial charge in [-0.25, -0.2) is 4.39 Å². The Balaban J connectivity index is 1.85. The van der Waals surface area contributed by atoms with Gasteiger partial charge in [-0.15, -0.1) is 0 Å². The van der Waals surface area contributed by atoms with Crippen molar-refractivity contribution in [2.75, 3.05) is 34.3 Å². The van der Waals surface area contributed by atoms with Gasteiger partial charge in [0.05, 0.1) is 12.7 Å². The Hall–Kier alpha value is -2.11. The minimum atomic E-state index is -0.586. The lowest BCUT2D eigenvalue weighted by molar-refractivity contribution is 0.0778. The molecule has 0 aliphatic carbocycles. The highest BCUT2D eigenvalue weighted by atomic mass is 35.5. The number of hydrogen-bond donors (Lipinski definition) is 0. The molecule has 0 saturated carbocycles. The third-order valence-electron chi connectivity index (χ3n) is 4.94. The summed E-state index contributed by atoms with van der Waals surface area (Å²) in [6.45, 7) is 1.08. The molecule has 1 fully saturated rings. The molecule has 2 aromatic rings. The second kappa shape index (κ2) is 7.64. The Labute approximate surface area is 158 Å². The van der Waals surface area contributed by atoms with Gasteiger partial charge in [0.1, 0.15) is 11.6 Å². The highest BCUT2D eigenvalue weighted by Crippen LogP contribution is 2.32. The standard InChI is InChI=1S/C20H22ClFN2O2/c1-23(2)19-12-24(20(25)16-9-6-14(21)10-18(16)22)11-17(19)13-4-7-15(26-3)8-5-13/h4-10,17,19H,11-12H2,1-3H3/t17-,19+/m0/s1. The molecule has 1 amide bonds. The molecule has 138 valence electrons. The monoisotopic (exact) mass is 376 g/mol. The van der Waals surface area contributed by atoms with Crippen molar-refractivity contribution in [2.24, 2.45) is 0 Å². The number of hydrogen-bond acceptors (Lipinski definition) is 3. The third-order valence-corrected chi connectivity index (χ3v) is 5.18. The number of likely N-dealkylation sites (tertiary alicyclic amines) is 1. The van der Waals surface area contributed by atoms with Crippen LogP contribution in [0.15, 0.2) is 42.5 Å². The van der Waals surface area contributed by atoms with Gasteiger partial charge in [0.25, 0.3) is 5.91 Å². The molecule has 0 radical (unpaired) electrons. The number of carbonyl (C=O) groups excluding carboxylic acids is 1. The van der Waals surface area contributed by atoms with Crippen LogP contribution in [0.4, 0.5) is 4.39 Å². The molecule has 0 spiro atoms. The van der Waals surface area contributed by atoms with Gasteiger partial charge in [0.15, 0.2) is 0 Å². The second-order valence-corrected chi connectivity index (χ2v) is 7.18. The fourth-order valence-electron chi connectivity index (χ4n) is 3.49. The van der Waals surface area contributed by atoms with E-state index < -0.39 is 5.82 Å². The highest BCUT2D eigenvalue weighted by molar-refractivity contribution is 6.30. The summed E-state index contributed by atoms with van der Waals surface area (Å²) in [5.74, 6) is 0.0540. The Kier molecular flexibility index (Phi) is 5.49. The molecule has 2 aromatic carbocycles. The van der Waals surface area contributed by atoms with Crippen LogP contribution < -0.4 is 4.74 Å². The van der Waals surface area contributed by atoms with E-state index in [1.807, 2.05) is 38.4 Å². The van der Waals surface area contributed by atoms with Crippen molar-refractivity contribution in [3.8, 4) is 5.75 Å². The zero-order valence-electron chi connectivity index (χ0n) is 15.1. The normalized spacial score (nSPS) is 19.8. The summed E-state index contributed by atoms with van der Waals surface area (Å²) in [5.41, 5.74) is 1.19. The molecule has 1 saturated heterocycles. The number of benzene rings is 2. The summed E-state index contributed by atoms with van der Waals surface area (Å²) in [6, 6.07) is 12.2. The van der Waals surface area contributed by atoms with Crippen LogP contribution in [-0.2, 0) is 0 Å². The van der Waals surface area contributed by atoms with Gasteiger partial charge in [0.2, 0.25) is 0 Å². The minimum Gasteiger partial charge on any atom is -0.497 e. The van der Waals surface area contributed by atoms with Gasteiger partial charge in [0, 0.05) is 30.1 Å². The highest BCUT2D eigenvalue weighted by Gasteiger charge is 2.38. The van der Waals surface area contributed by atoms with Gasteiger partial charge in [-0.05, 0) is 50.0 Å². The predicted molar refractivity (Wildman–Crippen MR) is 101 cm³/mol. The summed E-state index contributed by atoms with van der Waals surface area (Å²) in [4.78, 5) is 16.7. The molecule has 4 nitrogen and oxygen atoms in total. The van der Waals surface area contributed by atoms with Crippen LogP contribution in [0.25, 0.3) is 0 Å². The summed E-state index contributed by atoms with van der Waals surface area (Å²) in [7, 11) is 5.63. The number of rotatable bonds is 4.